The van der Waals surface area contributed by atoms with Crippen LogP contribution in [0.4, 0.5) is 0 Å². The van der Waals surface area contributed by atoms with E-state index in [1.807, 2.05) is 50.2 Å². The highest BCUT2D eigenvalue weighted by molar-refractivity contribution is 5.83. The van der Waals surface area contributed by atoms with Crippen molar-refractivity contribution >= 4 is 10.8 Å². The van der Waals surface area contributed by atoms with Crippen LogP contribution in [0, 0.1) is 5.92 Å². The second-order valence-corrected chi connectivity index (χ2v) is 4.87. The number of benzene rings is 2. The van der Waals surface area contributed by atoms with E-state index in [9.17, 15) is 5.11 Å². The molecular formula is C15H19NO. The first-order valence-electron chi connectivity index (χ1n) is 6.02. The van der Waals surface area contributed by atoms with Crippen molar-refractivity contribution in [3.8, 4) is 0 Å². The number of aliphatic hydroxyl groups is 1. The van der Waals surface area contributed by atoms with Crippen LogP contribution in [0.25, 0.3) is 10.8 Å². The molecule has 90 valence electrons. The molecule has 2 nitrogen and oxygen atoms in total. The van der Waals surface area contributed by atoms with Gasteiger partial charge in [-0.3, -0.25) is 0 Å². The van der Waals surface area contributed by atoms with Gasteiger partial charge in [-0.15, -0.1) is 0 Å². The Bertz CT molecular complexity index is 507. The van der Waals surface area contributed by atoms with Gasteiger partial charge >= 0.3 is 0 Å². The van der Waals surface area contributed by atoms with Crippen molar-refractivity contribution in [2.45, 2.75) is 26.0 Å². The van der Waals surface area contributed by atoms with Gasteiger partial charge in [0.2, 0.25) is 0 Å². The molecule has 17 heavy (non-hydrogen) atoms. The van der Waals surface area contributed by atoms with E-state index in [1.165, 1.54) is 5.39 Å². The van der Waals surface area contributed by atoms with E-state index < -0.39 is 6.10 Å². The van der Waals surface area contributed by atoms with Crippen LogP contribution >= 0.6 is 0 Å². The molecule has 0 heterocycles. The fourth-order valence-corrected chi connectivity index (χ4v) is 1.98. The minimum atomic E-state index is -0.598. The Morgan fingerprint density at radius 1 is 1.00 bits per heavy atom. The Kier molecular flexibility index (Phi) is 3.46. The van der Waals surface area contributed by atoms with E-state index in [2.05, 4.69) is 6.07 Å². The zero-order valence-corrected chi connectivity index (χ0v) is 10.3. The van der Waals surface area contributed by atoms with Gasteiger partial charge in [0, 0.05) is 6.04 Å². The van der Waals surface area contributed by atoms with Crippen LogP contribution in [0.15, 0.2) is 42.5 Å². The van der Waals surface area contributed by atoms with Gasteiger partial charge < -0.3 is 10.8 Å². The van der Waals surface area contributed by atoms with E-state index >= 15 is 0 Å². The van der Waals surface area contributed by atoms with Crippen LogP contribution in [0.2, 0.25) is 0 Å². The molecule has 0 aliphatic heterocycles. The van der Waals surface area contributed by atoms with Crippen LogP contribution < -0.4 is 5.73 Å². The maximum atomic E-state index is 10.2. The topological polar surface area (TPSA) is 46.2 Å². The quantitative estimate of drug-likeness (QED) is 0.850. The molecule has 2 aromatic rings. The van der Waals surface area contributed by atoms with Gasteiger partial charge in [-0.05, 0) is 28.3 Å². The fourth-order valence-electron chi connectivity index (χ4n) is 1.98. The average Bonchev–Trinajstić information content (AvgIpc) is 2.36. The average molecular weight is 229 g/mol. The van der Waals surface area contributed by atoms with Crippen molar-refractivity contribution in [1.82, 2.24) is 0 Å². The van der Waals surface area contributed by atoms with E-state index in [-0.39, 0.29) is 12.0 Å². The summed E-state index contributed by atoms with van der Waals surface area (Å²) in [5, 5.41) is 12.5. The van der Waals surface area contributed by atoms with Crippen LogP contribution in [0.5, 0.6) is 0 Å². The van der Waals surface area contributed by atoms with Gasteiger partial charge in [0.15, 0.2) is 0 Å². The molecule has 3 N–H and O–H groups in total. The first-order valence-corrected chi connectivity index (χ1v) is 6.02. The van der Waals surface area contributed by atoms with Gasteiger partial charge in [0.1, 0.15) is 0 Å². The van der Waals surface area contributed by atoms with Crippen LogP contribution in [-0.4, -0.2) is 11.1 Å². The van der Waals surface area contributed by atoms with E-state index in [0.717, 1.165) is 10.9 Å². The summed E-state index contributed by atoms with van der Waals surface area (Å²) in [7, 11) is 0. The Hall–Kier alpha value is -1.38. The van der Waals surface area contributed by atoms with Crippen LogP contribution in [-0.2, 0) is 0 Å². The summed E-state index contributed by atoms with van der Waals surface area (Å²) in [4.78, 5) is 0. The number of aliphatic hydroxyl groups excluding tert-OH is 1. The van der Waals surface area contributed by atoms with E-state index in [1.54, 1.807) is 0 Å². The van der Waals surface area contributed by atoms with Crippen molar-refractivity contribution in [3.63, 3.8) is 0 Å². The standard InChI is InChI=1S/C15H19NO/c1-10(2)14(16)15(17)13-8-7-11-5-3-4-6-12(11)9-13/h3-10,14-15,17H,16H2,1-2H3. The van der Waals surface area contributed by atoms with Crippen molar-refractivity contribution < 1.29 is 5.11 Å². The van der Waals surface area contributed by atoms with Gasteiger partial charge in [-0.25, -0.2) is 0 Å². The first kappa shape index (κ1) is 12.1. The maximum Gasteiger partial charge on any atom is 0.0943 e. The lowest BCUT2D eigenvalue weighted by molar-refractivity contribution is 0.126. The molecule has 0 amide bonds. The summed E-state index contributed by atoms with van der Waals surface area (Å²) in [5.41, 5.74) is 6.88. The molecule has 0 aromatic heterocycles. The highest BCUT2D eigenvalue weighted by atomic mass is 16.3. The zero-order chi connectivity index (χ0) is 12.4. The third-order valence-corrected chi connectivity index (χ3v) is 3.25. The number of rotatable bonds is 3. The fraction of sp³-hybridized carbons (Fsp3) is 0.333. The van der Waals surface area contributed by atoms with Gasteiger partial charge in [-0.2, -0.15) is 0 Å². The lowest BCUT2D eigenvalue weighted by Gasteiger charge is -2.22. The minimum Gasteiger partial charge on any atom is -0.387 e. The summed E-state index contributed by atoms with van der Waals surface area (Å²) in [5.74, 6) is 0.261. The lowest BCUT2D eigenvalue weighted by Crippen LogP contribution is -2.33. The van der Waals surface area contributed by atoms with Gasteiger partial charge in [0.05, 0.1) is 6.10 Å². The van der Waals surface area contributed by atoms with Crippen molar-refractivity contribution in [1.29, 1.82) is 0 Å². The third-order valence-electron chi connectivity index (χ3n) is 3.25. The molecule has 0 saturated carbocycles. The smallest absolute Gasteiger partial charge is 0.0943 e. The van der Waals surface area contributed by atoms with Crippen LogP contribution in [0.3, 0.4) is 0 Å². The molecule has 2 unspecified atom stereocenters. The molecule has 0 aliphatic rings. The Morgan fingerprint density at radius 2 is 1.65 bits per heavy atom. The minimum absolute atomic E-state index is 0.226. The number of fused-ring (bicyclic) bond motifs is 1. The van der Waals surface area contributed by atoms with Gasteiger partial charge in [0.25, 0.3) is 0 Å². The highest BCUT2D eigenvalue weighted by Crippen LogP contribution is 2.24. The third kappa shape index (κ3) is 2.48. The molecule has 2 atom stereocenters. The van der Waals surface area contributed by atoms with Gasteiger partial charge in [-0.1, -0.05) is 50.2 Å². The second kappa shape index (κ2) is 4.86. The molecule has 0 fully saturated rings. The lowest BCUT2D eigenvalue weighted by atomic mass is 9.93. The predicted octanol–water partition coefficient (Wildman–Crippen LogP) is 2.86. The SMILES string of the molecule is CC(C)C(N)C(O)c1ccc2ccccc2c1. The first-order chi connectivity index (χ1) is 8.09. The molecule has 0 spiro atoms. The summed E-state index contributed by atoms with van der Waals surface area (Å²) in [6.07, 6.45) is -0.598. The summed E-state index contributed by atoms with van der Waals surface area (Å²) in [6.45, 7) is 4.05. The second-order valence-electron chi connectivity index (χ2n) is 4.87. The van der Waals surface area contributed by atoms with E-state index in [0.29, 0.717) is 0 Å². The molecule has 0 bridgehead atoms. The van der Waals surface area contributed by atoms with E-state index in [4.69, 9.17) is 5.73 Å². The Balaban J connectivity index is 2.36. The molecule has 2 aromatic carbocycles. The summed E-state index contributed by atoms with van der Waals surface area (Å²) >= 11 is 0. The molecule has 0 aliphatic carbocycles. The zero-order valence-electron chi connectivity index (χ0n) is 10.3. The monoisotopic (exact) mass is 229 g/mol. The number of nitrogens with two attached hydrogens (primary N) is 1. The maximum absolute atomic E-state index is 10.2. The molecule has 2 rings (SSSR count). The normalized spacial score (nSPS) is 15.1. The van der Waals surface area contributed by atoms with Crippen LogP contribution in [0.1, 0.15) is 25.5 Å². The Morgan fingerprint density at radius 3 is 2.29 bits per heavy atom. The van der Waals surface area contributed by atoms with Crippen molar-refractivity contribution in [2.24, 2.45) is 11.7 Å². The van der Waals surface area contributed by atoms with Crippen molar-refractivity contribution in [2.75, 3.05) is 0 Å². The van der Waals surface area contributed by atoms with Crippen molar-refractivity contribution in [3.05, 3.63) is 48.0 Å². The number of hydrogen-bond donors (Lipinski definition) is 2. The highest BCUT2D eigenvalue weighted by Gasteiger charge is 2.19. The predicted molar refractivity (Wildman–Crippen MR) is 71.7 cm³/mol. The molecular weight excluding hydrogens is 210 g/mol. The largest absolute Gasteiger partial charge is 0.387 e. The molecule has 0 radical (unpaired) electrons. The number of hydrogen-bond acceptors (Lipinski definition) is 2. The molecule has 0 saturated heterocycles. The summed E-state index contributed by atoms with van der Waals surface area (Å²) < 4.78 is 0. The Labute approximate surface area is 102 Å². The summed E-state index contributed by atoms with van der Waals surface area (Å²) in [6, 6.07) is 13.9. The molecule has 2 heteroatoms.